The van der Waals surface area contributed by atoms with Crippen LogP contribution in [0.4, 0.5) is 0 Å². The molecule has 0 aromatic rings. The summed E-state index contributed by atoms with van der Waals surface area (Å²) in [5, 5.41) is 8.68. The molecule has 23 heavy (non-hydrogen) atoms. The standard InChI is InChI=1S/C21H30O2/c1-6-18-11-8-14-21(4,5)19(18)13-12-16(2)9-7-10-17(3)15-20(22)23/h7,9-10,12-13,15H,6,8,11,14H2,1-5H3,(H,22,23)/b10-7+,13-12+,16-9+,17-15+. The van der Waals surface area contributed by atoms with Crippen molar-refractivity contribution < 1.29 is 9.90 Å². The SMILES string of the molecule is CCC1=C(/C=C/C(C)=C/C=C/C(C)=C/C(=O)O)C(C)(C)CCC1. The third-order valence-corrected chi connectivity index (χ3v) is 4.40. The van der Waals surface area contributed by atoms with E-state index in [1.54, 1.807) is 12.5 Å². The van der Waals surface area contributed by atoms with E-state index in [0.29, 0.717) is 0 Å². The van der Waals surface area contributed by atoms with Gasteiger partial charge in [0.25, 0.3) is 0 Å². The fourth-order valence-electron chi connectivity index (χ4n) is 3.07. The van der Waals surface area contributed by atoms with Gasteiger partial charge in [0.05, 0.1) is 0 Å². The van der Waals surface area contributed by atoms with Gasteiger partial charge in [-0.2, -0.15) is 0 Å². The van der Waals surface area contributed by atoms with E-state index in [9.17, 15) is 4.79 Å². The fraction of sp³-hybridized carbons (Fsp3) is 0.476. The molecule has 0 atom stereocenters. The van der Waals surface area contributed by atoms with Crippen molar-refractivity contribution in [2.24, 2.45) is 5.41 Å². The van der Waals surface area contributed by atoms with Crippen LogP contribution in [0.2, 0.25) is 0 Å². The predicted octanol–water partition coefficient (Wildman–Crippen LogP) is 5.99. The number of carboxylic acids is 1. The second-order valence-electron chi connectivity index (χ2n) is 6.94. The lowest BCUT2D eigenvalue weighted by Crippen LogP contribution is -2.19. The molecule has 1 aliphatic rings. The second-order valence-corrected chi connectivity index (χ2v) is 6.94. The Morgan fingerprint density at radius 1 is 1.22 bits per heavy atom. The van der Waals surface area contributed by atoms with Crippen molar-refractivity contribution in [3.8, 4) is 0 Å². The van der Waals surface area contributed by atoms with Gasteiger partial charge < -0.3 is 5.11 Å². The first kappa shape index (κ1) is 19.2. The maximum Gasteiger partial charge on any atom is 0.328 e. The molecule has 2 nitrogen and oxygen atoms in total. The maximum absolute atomic E-state index is 10.6. The summed E-state index contributed by atoms with van der Waals surface area (Å²) < 4.78 is 0. The summed E-state index contributed by atoms with van der Waals surface area (Å²) >= 11 is 0. The molecule has 0 aromatic heterocycles. The van der Waals surface area contributed by atoms with Crippen molar-refractivity contribution in [1.29, 1.82) is 0 Å². The van der Waals surface area contributed by atoms with Crippen LogP contribution in [0, 0.1) is 5.41 Å². The zero-order valence-electron chi connectivity index (χ0n) is 15.1. The van der Waals surface area contributed by atoms with Crippen molar-refractivity contribution in [2.45, 2.75) is 60.3 Å². The van der Waals surface area contributed by atoms with Crippen molar-refractivity contribution in [3.05, 3.63) is 58.7 Å². The molecule has 0 aliphatic heterocycles. The van der Waals surface area contributed by atoms with Gasteiger partial charge in [0.2, 0.25) is 0 Å². The summed E-state index contributed by atoms with van der Waals surface area (Å²) in [6.45, 7) is 10.8. The van der Waals surface area contributed by atoms with E-state index < -0.39 is 5.97 Å². The van der Waals surface area contributed by atoms with Crippen LogP contribution in [0.15, 0.2) is 58.7 Å². The summed E-state index contributed by atoms with van der Waals surface area (Å²) in [6.07, 6.45) is 16.3. The molecule has 2 heteroatoms. The van der Waals surface area contributed by atoms with Crippen molar-refractivity contribution >= 4 is 5.97 Å². The lowest BCUT2D eigenvalue weighted by molar-refractivity contribution is -0.131. The number of aliphatic carboxylic acids is 1. The van der Waals surface area contributed by atoms with E-state index >= 15 is 0 Å². The van der Waals surface area contributed by atoms with Crippen LogP contribution >= 0.6 is 0 Å². The number of allylic oxidation sites excluding steroid dienone is 9. The molecule has 126 valence electrons. The van der Waals surface area contributed by atoms with Crippen LogP contribution in [-0.4, -0.2) is 11.1 Å². The van der Waals surface area contributed by atoms with E-state index in [2.05, 4.69) is 39.8 Å². The van der Waals surface area contributed by atoms with Gasteiger partial charge in [-0.15, -0.1) is 0 Å². The predicted molar refractivity (Wildman–Crippen MR) is 98.4 cm³/mol. The molecule has 0 heterocycles. The van der Waals surface area contributed by atoms with Gasteiger partial charge >= 0.3 is 5.97 Å². The minimum Gasteiger partial charge on any atom is -0.478 e. The molecule has 0 unspecified atom stereocenters. The minimum atomic E-state index is -0.911. The molecule has 0 bridgehead atoms. The van der Waals surface area contributed by atoms with E-state index in [1.807, 2.05) is 18.2 Å². The van der Waals surface area contributed by atoms with Gasteiger partial charge in [-0.05, 0) is 56.1 Å². The van der Waals surface area contributed by atoms with E-state index in [1.165, 1.54) is 30.9 Å². The second kappa shape index (κ2) is 8.71. The molecule has 0 fully saturated rings. The molecule has 1 rings (SSSR count). The Morgan fingerprint density at radius 3 is 2.52 bits per heavy atom. The number of hydrogen-bond donors (Lipinski definition) is 1. The lowest BCUT2D eigenvalue weighted by Gasteiger charge is -2.33. The Balaban J connectivity index is 2.86. The number of rotatable bonds is 6. The molecule has 0 saturated heterocycles. The minimum absolute atomic E-state index is 0.261. The molecule has 1 N–H and O–H groups in total. The monoisotopic (exact) mass is 314 g/mol. The zero-order chi connectivity index (χ0) is 17.5. The molecular weight excluding hydrogens is 284 g/mol. The number of hydrogen-bond acceptors (Lipinski definition) is 1. The highest BCUT2D eigenvalue weighted by atomic mass is 16.4. The first-order valence-electron chi connectivity index (χ1n) is 8.43. The normalized spacial score (nSPS) is 19.9. The molecule has 0 spiro atoms. The molecule has 1 aliphatic carbocycles. The summed E-state index contributed by atoms with van der Waals surface area (Å²) in [5.74, 6) is -0.911. The highest BCUT2D eigenvalue weighted by Crippen LogP contribution is 2.41. The van der Waals surface area contributed by atoms with Gasteiger partial charge in [0.15, 0.2) is 0 Å². The Bertz CT molecular complexity index is 581. The number of carboxylic acid groups (broad SMARTS) is 1. The molecule has 0 amide bonds. The first-order valence-corrected chi connectivity index (χ1v) is 8.43. The highest BCUT2D eigenvalue weighted by molar-refractivity contribution is 5.81. The van der Waals surface area contributed by atoms with Crippen LogP contribution in [0.25, 0.3) is 0 Å². The van der Waals surface area contributed by atoms with Gasteiger partial charge in [-0.3, -0.25) is 0 Å². The van der Waals surface area contributed by atoms with Gasteiger partial charge in [-0.25, -0.2) is 4.79 Å². The van der Waals surface area contributed by atoms with Crippen molar-refractivity contribution in [1.82, 2.24) is 0 Å². The smallest absolute Gasteiger partial charge is 0.328 e. The Kier molecular flexibility index (Phi) is 7.28. The van der Waals surface area contributed by atoms with Gasteiger partial charge in [-0.1, -0.05) is 62.3 Å². The first-order chi connectivity index (χ1) is 10.8. The van der Waals surface area contributed by atoms with Crippen molar-refractivity contribution in [2.75, 3.05) is 0 Å². The topological polar surface area (TPSA) is 37.3 Å². The lowest BCUT2D eigenvalue weighted by atomic mass is 9.71. The summed E-state index contributed by atoms with van der Waals surface area (Å²) in [7, 11) is 0. The van der Waals surface area contributed by atoms with Gasteiger partial charge in [0.1, 0.15) is 0 Å². The van der Waals surface area contributed by atoms with E-state index in [0.717, 1.165) is 17.6 Å². The summed E-state index contributed by atoms with van der Waals surface area (Å²) in [5.41, 5.74) is 5.23. The largest absolute Gasteiger partial charge is 0.478 e. The third-order valence-electron chi connectivity index (χ3n) is 4.40. The van der Waals surface area contributed by atoms with Crippen LogP contribution in [-0.2, 0) is 4.79 Å². The van der Waals surface area contributed by atoms with Crippen LogP contribution < -0.4 is 0 Å². The van der Waals surface area contributed by atoms with Crippen molar-refractivity contribution in [3.63, 3.8) is 0 Å². The third kappa shape index (κ3) is 6.43. The van der Waals surface area contributed by atoms with E-state index in [-0.39, 0.29) is 5.41 Å². The average Bonchev–Trinajstić information content (AvgIpc) is 2.44. The molecule has 0 saturated carbocycles. The summed E-state index contributed by atoms with van der Waals surface area (Å²) in [4.78, 5) is 10.6. The maximum atomic E-state index is 10.6. The molecule has 0 aromatic carbocycles. The van der Waals surface area contributed by atoms with E-state index in [4.69, 9.17) is 5.11 Å². The Labute approximate surface area is 141 Å². The van der Waals surface area contributed by atoms with Gasteiger partial charge in [0, 0.05) is 6.08 Å². The zero-order valence-corrected chi connectivity index (χ0v) is 15.1. The highest BCUT2D eigenvalue weighted by Gasteiger charge is 2.27. The molecular formula is C21H30O2. The average molecular weight is 314 g/mol. The Morgan fingerprint density at radius 2 is 1.91 bits per heavy atom. The summed E-state index contributed by atoms with van der Waals surface area (Å²) in [6, 6.07) is 0. The number of carbonyl (C=O) groups is 1. The fourth-order valence-corrected chi connectivity index (χ4v) is 3.07. The Hall–Kier alpha value is -1.83. The quantitative estimate of drug-likeness (QED) is 0.483. The van der Waals surface area contributed by atoms with Crippen LogP contribution in [0.5, 0.6) is 0 Å². The van der Waals surface area contributed by atoms with Crippen LogP contribution in [0.3, 0.4) is 0 Å². The van der Waals surface area contributed by atoms with Crippen LogP contribution in [0.1, 0.15) is 60.3 Å². The molecule has 0 radical (unpaired) electrons.